The van der Waals surface area contributed by atoms with Gasteiger partial charge in [-0.15, -0.1) is 0 Å². The number of carbonyl (C=O) groups is 1. The molecule has 1 aromatic rings. The summed E-state index contributed by atoms with van der Waals surface area (Å²) in [5.74, 6) is 0. The van der Waals surface area contributed by atoms with Gasteiger partial charge >= 0.3 is 6.03 Å². The third kappa shape index (κ3) is 2.54. The van der Waals surface area contributed by atoms with E-state index in [0.29, 0.717) is 13.1 Å². The molecule has 2 rings (SSSR count). The second-order valence-corrected chi connectivity index (χ2v) is 3.55. The number of aromatic nitrogens is 1. The number of nitrogens with zero attached hydrogens (tertiary/aromatic N) is 3. The van der Waals surface area contributed by atoms with Gasteiger partial charge in [0.1, 0.15) is 0 Å². The summed E-state index contributed by atoms with van der Waals surface area (Å²) in [6, 6.07) is 3.57. The zero-order chi connectivity index (χ0) is 11.4. The molecule has 1 aliphatic heterocycles. The molecule has 0 unspecified atom stereocenters. The molecule has 0 saturated heterocycles. The topological polar surface area (TPSA) is 69.6 Å². The molecule has 0 saturated carbocycles. The Labute approximate surface area is 93.3 Å². The van der Waals surface area contributed by atoms with Crippen molar-refractivity contribution in [2.75, 3.05) is 6.54 Å². The van der Waals surface area contributed by atoms with Crippen LogP contribution in [0.1, 0.15) is 12.5 Å². The fourth-order valence-corrected chi connectivity index (χ4v) is 1.36. The van der Waals surface area contributed by atoms with Crippen molar-refractivity contribution in [1.82, 2.24) is 20.8 Å². The largest absolute Gasteiger partial charge is 0.352 e. The number of hydrazine groups is 1. The van der Waals surface area contributed by atoms with Crippen LogP contribution in [0.5, 0.6) is 0 Å². The van der Waals surface area contributed by atoms with E-state index in [2.05, 4.69) is 20.9 Å². The van der Waals surface area contributed by atoms with Gasteiger partial charge in [0.2, 0.25) is 0 Å². The summed E-state index contributed by atoms with van der Waals surface area (Å²) < 4.78 is 0. The van der Waals surface area contributed by atoms with Gasteiger partial charge in [0, 0.05) is 18.9 Å². The molecule has 1 aromatic heterocycles. The van der Waals surface area contributed by atoms with Crippen molar-refractivity contribution >= 4 is 11.7 Å². The molecule has 0 aliphatic carbocycles. The van der Waals surface area contributed by atoms with Crippen LogP contribution in [-0.4, -0.2) is 28.3 Å². The highest BCUT2D eigenvalue weighted by molar-refractivity contribution is 5.91. The van der Waals surface area contributed by atoms with Gasteiger partial charge in [-0.2, -0.15) is 5.10 Å². The minimum Gasteiger partial charge on any atom is -0.264 e. The van der Waals surface area contributed by atoms with Crippen molar-refractivity contribution in [2.45, 2.75) is 13.5 Å². The fourth-order valence-electron chi connectivity index (χ4n) is 1.36. The lowest BCUT2D eigenvalue weighted by Gasteiger charge is -2.25. The van der Waals surface area contributed by atoms with Gasteiger partial charge in [-0.25, -0.2) is 15.6 Å². The molecule has 0 aromatic carbocycles. The number of pyridine rings is 1. The third-order valence-corrected chi connectivity index (χ3v) is 2.17. The maximum atomic E-state index is 11.4. The molecule has 0 fully saturated rings. The van der Waals surface area contributed by atoms with Crippen LogP contribution in [0, 0.1) is 0 Å². The van der Waals surface area contributed by atoms with Gasteiger partial charge in [-0.1, -0.05) is 6.07 Å². The predicted octanol–water partition coefficient (Wildman–Crippen LogP) is 0.487. The van der Waals surface area contributed by atoms with Crippen LogP contribution in [0.4, 0.5) is 4.79 Å². The molecule has 6 heteroatoms. The molecule has 1 aliphatic rings. The summed E-state index contributed by atoms with van der Waals surface area (Å²) in [6.45, 7) is 2.92. The summed E-state index contributed by atoms with van der Waals surface area (Å²) in [7, 11) is 0. The van der Waals surface area contributed by atoms with Gasteiger partial charge in [0.15, 0.2) is 0 Å². The maximum absolute atomic E-state index is 11.4. The highest BCUT2D eigenvalue weighted by Crippen LogP contribution is 1.98. The lowest BCUT2D eigenvalue weighted by Crippen LogP contribution is -2.52. The van der Waals surface area contributed by atoms with Gasteiger partial charge in [0.05, 0.1) is 12.3 Å². The van der Waals surface area contributed by atoms with E-state index in [1.165, 1.54) is 5.01 Å². The van der Waals surface area contributed by atoms with Crippen LogP contribution in [0.3, 0.4) is 0 Å². The molecule has 84 valence electrons. The third-order valence-electron chi connectivity index (χ3n) is 2.17. The fraction of sp³-hybridized carbons (Fsp3) is 0.300. The first-order chi connectivity index (χ1) is 7.75. The summed E-state index contributed by atoms with van der Waals surface area (Å²) in [5, 5.41) is 5.33. The Morgan fingerprint density at radius 2 is 2.50 bits per heavy atom. The molecule has 16 heavy (non-hydrogen) atoms. The van der Waals surface area contributed by atoms with Gasteiger partial charge in [0.25, 0.3) is 0 Å². The normalized spacial score (nSPS) is 15.7. The molecule has 0 atom stereocenters. The van der Waals surface area contributed by atoms with E-state index in [4.69, 9.17) is 0 Å². The van der Waals surface area contributed by atoms with Crippen molar-refractivity contribution in [3.8, 4) is 0 Å². The molecule has 0 bridgehead atoms. The zero-order valence-electron chi connectivity index (χ0n) is 8.97. The van der Waals surface area contributed by atoms with Gasteiger partial charge in [-0.05, 0) is 18.6 Å². The number of hydrogen-bond acceptors (Lipinski definition) is 4. The van der Waals surface area contributed by atoms with E-state index < -0.39 is 0 Å². The number of rotatable bonds is 3. The average molecular weight is 219 g/mol. The molecule has 2 N–H and O–H groups in total. The Kier molecular flexibility index (Phi) is 3.11. The number of urea groups is 1. The lowest BCUT2D eigenvalue weighted by molar-refractivity contribution is 0.175. The van der Waals surface area contributed by atoms with E-state index in [1.54, 1.807) is 12.4 Å². The Morgan fingerprint density at radius 3 is 3.25 bits per heavy atom. The van der Waals surface area contributed by atoms with Crippen molar-refractivity contribution < 1.29 is 4.79 Å². The molecule has 0 spiro atoms. The Morgan fingerprint density at radius 1 is 1.62 bits per heavy atom. The van der Waals surface area contributed by atoms with Crippen LogP contribution in [-0.2, 0) is 6.54 Å². The Bertz CT molecular complexity index is 403. The molecule has 2 heterocycles. The highest BCUT2D eigenvalue weighted by atomic mass is 16.2. The first-order valence-electron chi connectivity index (χ1n) is 4.99. The quantitative estimate of drug-likeness (QED) is 0.777. The van der Waals surface area contributed by atoms with E-state index in [-0.39, 0.29) is 6.03 Å². The summed E-state index contributed by atoms with van der Waals surface area (Å²) in [4.78, 5) is 15.4. The van der Waals surface area contributed by atoms with E-state index >= 15 is 0 Å². The van der Waals surface area contributed by atoms with E-state index in [1.807, 2.05) is 19.1 Å². The Balaban J connectivity index is 1.91. The maximum Gasteiger partial charge on any atom is 0.352 e. The van der Waals surface area contributed by atoms with Crippen LogP contribution >= 0.6 is 0 Å². The smallest absolute Gasteiger partial charge is 0.264 e. The molecule has 6 nitrogen and oxygen atoms in total. The predicted molar refractivity (Wildman–Crippen MR) is 59.4 cm³/mol. The second kappa shape index (κ2) is 4.71. The summed E-state index contributed by atoms with van der Waals surface area (Å²) in [5.41, 5.74) is 7.32. The minimum absolute atomic E-state index is 0.241. The van der Waals surface area contributed by atoms with Gasteiger partial charge < -0.3 is 0 Å². The number of amides is 2. The van der Waals surface area contributed by atoms with Crippen LogP contribution in [0.25, 0.3) is 0 Å². The Hall–Kier alpha value is -1.95. The molecule has 0 radical (unpaired) electrons. The number of hydrazone groups is 1. The average Bonchev–Trinajstić information content (AvgIpc) is 2.32. The van der Waals surface area contributed by atoms with Crippen LogP contribution in [0.15, 0.2) is 29.6 Å². The minimum atomic E-state index is -0.241. The SMILES string of the molecule is CC1=NNC(=O)N(NCc2cccnc2)C1. The number of hydrogen-bond donors (Lipinski definition) is 2. The molecular formula is C10H13N5O. The van der Waals surface area contributed by atoms with E-state index in [0.717, 1.165) is 11.3 Å². The number of carbonyl (C=O) groups excluding carboxylic acids is 1. The first-order valence-corrected chi connectivity index (χ1v) is 4.99. The van der Waals surface area contributed by atoms with Gasteiger partial charge in [-0.3, -0.25) is 9.99 Å². The number of nitrogens with one attached hydrogen (secondary N) is 2. The van der Waals surface area contributed by atoms with Crippen molar-refractivity contribution in [1.29, 1.82) is 0 Å². The van der Waals surface area contributed by atoms with Crippen molar-refractivity contribution in [3.05, 3.63) is 30.1 Å². The van der Waals surface area contributed by atoms with Crippen molar-refractivity contribution in [2.24, 2.45) is 5.10 Å². The monoisotopic (exact) mass is 219 g/mol. The van der Waals surface area contributed by atoms with Crippen LogP contribution < -0.4 is 10.9 Å². The molecular weight excluding hydrogens is 206 g/mol. The summed E-state index contributed by atoms with van der Waals surface area (Å²) >= 11 is 0. The van der Waals surface area contributed by atoms with E-state index in [9.17, 15) is 4.79 Å². The highest BCUT2D eigenvalue weighted by Gasteiger charge is 2.17. The van der Waals surface area contributed by atoms with Crippen molar-refractivity contribution in [3.63, 3.8) is 0 Å². The second-order valence-electron chi connectivity index (χ2n) is 3.55. The first kappa shape index (κ1) is 10.6. The van der Waals surface area contributed by atoms with Crippen LogP contribution in [0.2, 0.25) is 0 Å². The lowest BCUT2D eigenvalue weighted by atomic mass is 10.3. The standard InChI is InChI=1S/C10H13N5O/c1-8-7-15(10(16)14-13-8)12-6-9-3-2-4-11-5-9/h2-5,12H,6-7H2,1H3,(H,14,16). The zero-order valence-corrected chi connectivity index (χ0v) is 8.97. The summed E-state index contributed by atoms with van der Waals surface area (Å²) in [6.07, 6.45) is 3.48. The molecule has 2 amide bonds.